The van der Waals surface area contributed by atoms with E-state index in [2.05, 4.69) is 15.0 Å². The minimum Gasteiger partial charge on any atom is -0.490 e. The zero-order chi connectivity index (χ0) is 19.3. The Balaban J connectivity index is 1.25. The first-order valence-corrected chi connectivity index (χ1v) is 10.2. The number of benzene rings is 1. The smallest absolute Gasteiger partial charge is 0.253 e. The van der Waals surface area contributed by atoms with E-state index in [1.807, 2.05) is 36.1 Å². The van der Waals surface area contributed by atoms with E-state index >= 15 is 0 Å². The summed E-state index contributed by atoms with van der Waals surface area (Å²) >= 11 is 0. The molecule has 1 amide bonds. The fourth-order valence-electron chi connectivity index (χ4n) is 3.93. The maximum Gasteiger partial charge on any atom is 0.253 e. The highest BCUT2D eigenvalue weighted by molar-refractivity contribution is 5.94. The van der Waals surface area contributed by atoms with Gasteiger partial charge in [-0.25, -0.2) is 0 Å². The summed E-state index contributed by atoms with van der Waals surface area (Å²) in [7, 11) is 0. The van der Waals surface area contributed by atoms with Crippen molar-refractivity contribution >= 4 is 5.91 Å². The predicted octanol–water partition coefficient (Wildman–Crippen LogP) is 3.05. The average Bonchev–Trinajstić information content (AvgIpc) is 3.15. The number of ether oxygens (including phenoxy) is 1. The molecule has 0 radical (unpaired) electrons. The quantitative estimate of drug-likeness (QED) is 0.789. The molecular weight excluding hydrogens is 356 g/mol. The zero-order valence-corrected chi connectivity index (χ0v) is 16.5. The van der Waals surface area contributed by atoms with Gasteiger partial charge in [0.25, 0.3) is 5.91 Å². The summed E-state index contributed by atoms with van der Waals surface area (Å²) in [6.07, 6.45) is 5.56. The molecule has 4 rings (SSSR count). The van der Waals surface area contributed by atoms with Gasteiger partial charge in [-0.15, -0.1) is 0 Å². The Morgan fingerprint density at radius 1 is 1.11 bits per heavy atom. The number of nitrogens with zero attached hydrogens (tertiary/aromatic N) is 4. The van der Waals surface area contributed by atoms with Crippen LogP contribution in [-0.2, 0) is 6.54 Å². The number of aryl methyl sites for hydroxylation is 1. The molecule has 2 aliphatic rings. The summed E-state index contributed by atoms with van der Waals surface area (Å²) in [6, 6.07) is 7.62. The van der Waals surface area contributed by atoms with Gasteiger partial charge in [-0.05, 0) is 63.3 Å². The van der Waals surface area contributed by atoms with E-state index in [0.717, 1.165) is 63.2 Å². The summed E-state index contributed by atoms with van der Waals surface area (Å²) < 4.78 is 11.3. The number of rotatable bonds is 5. The van der Waals surface area contributed by atoms with Gasteiger partial charge in [-0.2, -0.15) is 4.98 Å². The predicted molar refractivity (Wildman–Crippen MR) is 104 cm³/mol. The Morgan fingerprint density at radius 2 is 1.82 bits per heavy atom. The Morgan fingerprint density at radius 3 is 2.46 bits per heavy atom. The SMILES string of the molecule is Cc1noc(CN2CCC(Oc3ccc(C(=O)N4CCCCC4)cc3)CC2)n1. The first-order chi connectivity index (χ1) is 13.7. The van der Waals surface area contributed by atoms with Gasteiger partial charge in [0.1, 0.15) is 11.9 Å². The second-order valence-corrected chi connectivity index (χ2v) is 7.71. The van der Waals surface area contributed by atoms with Crippen LogP contribution in [0, 0.1) is 6.92 Å². The number of aromatic nitrogens is 2. The van der Waals surface area contributed by atoms with E-state index in [0.29, 0.717) is 18.3 Å². The maximum atomic E-state index is 12.6. The number of piperidine rings is 2. The molecule has 7 heteroatoms. The standard InChI is InChI=1S/C21H28N4O3/c1-16-22-20(28-23-16)15-24-13-9-19(10-14-24)27-18-7-5-17(6-8-18)21(26)25-11-3-2-4-12-25/h5-8,19H,2-4,9-15H2,1H3. The summed E-state index contributed by atoms with van der Waals surface area (Å²) in [6.45, 7) is 6.16. The van der Waals surface area contributed by atoms with Gasteiger partial charge >= 0.3 is 0 Å². The number of carbonyl (C=O) groups excluding carboxylic acids is 1. The van der Waals surface area contributed by atoms with Crippen molar-refractivity contribution in [3.05, 3.63) is 41.5 Å². The van der Waals surface area contributed by atoms with Crippen LogP contribution in [0.5, 0.6) is 5.75 Å². The van der Waals surface area contributed by atoms with Gasteiger partial charge < -0.3 is 14.2 Å². The molecule has 2 aromatic rings. The fourth-order valence-corrected chi connectivity index (χ4v) is 3.93. The normalized spacial score (nSPS) is 19.0. The molecular formula is C21H28N4O3. The summed E-state index contributed by atoms with van der Waals surface area (Å²) in [4.78, 5) is 21.1. The Labute approximate surface area is 165 Å². The minimum atomic E-state index is 0.135. The summed E-state index contributed by atoms with van der Waals surface area (Å²) in [5, 5.41) is 3.84. The molecule has 7 nitrogen and oxygen atoms in total. The topological polar surface area (TPSA) is 71.7 Å². The lowest BCUT2D eigenvalue weighted by molar-refractivity contribution is 0.0724. The second-order valence-electron chi connectivity index (χ2n) is 7.71. The number of likely N-dealkylation sites (tertiary alicyclic amines) is 2. The van der Waals surface area contributed by atoms with E-state index in [1.54, 1.807) is 0 Å². The van der Waals surface area contributed by atoms with Crippen molar-refractivity contribution in [2.75, 3.05) is 26.2 Å². The molecule has 1 aromatic carbocycles. The van der Waals surface area contributed by atoms with Gasteiger partial charge in [0.2, 0.25) is 5.89 Å². The Bertz CT molecular complexity index is 775. The van der Waals surface area contributed by atoms with E-state index in [4.69, 9.17) is 9.26 Å². The molecule has 2 aliphatic heterocycles. The molecule has 28 heavy (non-hydrogen) atoms. The molecule has 0 saturated carbocycles. The zero-order valence-electron chi connectivity index (χ0n) is 16.5. The lowest BCUT2D eigenvalue weighted by Gasteiger charge is -2.31. The molecule has 0 N–H and O–H groups in total. The highest BCUT2D eigenvalue weighted by Gasteiger charge is 2.22. The largest absolute Gasteiger partial charge is 0.490 e. The second kappa shape index (κ2) is 8.73. The number of hydrogen-bond donors (Lipinski definition) is 0. The molecule has 0 atom stereocenters. The highest BCUT2D eigenvalue weighted by Crippen LogP contribution is 2.21. The van der Waals surface area contributed by atoms with Gasteiger partial charge in [-0.3, -0.25) is 9.69 Å². The molecule has 0 unspecified atom stereocenters. The van der Waals surface area contributed by atoms with Crippen LogP contribution in [0.2, 0.25) is 0 Å². The summed E-state index contributed by atoms with van der Waals surface area (Å²) in [5.74, 6) is 2.32. The van der Waals surface area contributed by atoms with Crippen molar-refractivity contribution in [1.29, 1.82) is 0 Å². The van der Waals surface area contributed by atoms with Crippen LogP contribution in [0.25, 0.3) is 0 Å². The van der Waals surface area contributed by atoms with Gasteiger partial charge in [0, 0.05) is 31.7 Å². The van der Waals surface area contributed by atoms with Crippen molar-refractivity contribution in [2.45, 2.75) is 51.7 Å². The van der Waals surface area contributed by atoms with Gasteiger partial charge in [0.15, 0.2) is 5.82 Å². The van der Waals surface area contributed by atoms with Crippen LogP contribution >= 0.6 is 0 Å². The number of hydrogen-bond acceptors (Lipinski definition) is 6. The van der Waals surface area contributed by atoms with E-state index in [1.165, 1.54) is 6.42 Å². The van der Waals surface area contributed by atoms with Crippen LogP contribution in [0.3, 0.4) is 0 Å². The molecule has 150 valence electrons. The lowest BCUT2D eigenvalue weighted by Crippen LogP contribution is -2.37. The fraction of sp³-hybridized carbons (Fsp3) is 0.571. The van der Waals surface area contributed by atoms with Crippen LogP contribution in [0.1, 0.15) is 54.2 Å². The van der Waals surface area contributed by atoms with Gasteiger partial charge in [0.05, 0.1) is 6.54 Å². The van der Waals surface area contributed by atoms with Crippen LogP contribution < -0.4 is 4.74 Å². The van der Waals surface area contributed by atoms with E-state index in [9.17, 15) is 4.79 Å². The van der Waals surface area contributed by atoms with Crippen LogP contribution in [0.4, 0.5) is 0 Å². The third-order valence-corrected chi connectivity index (χ3v) is 5.51. The van der Waals surface area contributed by atoms with Crippen LogP contribution in [0.15, 0.2) is 28.8 Å². The first kappa shape index (κ1) is 18.9. The van der Waals surface area contributed by atoms with E-state index < -0.39 is 0 Å². The van der Waals surface area contributed by atoms with Crippen LogP contribution in [-0.4, -0.2) is 58.1 Å². The Hall–Kier alpha value is -2.41. The Kier molecular flexibility index (Phi) is 5.90. The minimum absolute atomic E-state index is 0.135. The maximum absolute atomic E-state index is 12.6. The highest BCUT2D eigenvalue weighted by atomic mass is 16.5. The van der Waals surface area contributed by atoms with Crippen molar-refractivity contribution in [3.63, 3.8) is 0 Å². The molecule has 3 heterocycles. The number of carbonyl (C=O) groups is 1. The molecule has 2 saturated heterocycles. The molecule has 0 bridgehead atoms. The third kappa shape index (κ3) is 4.70. The third-order valence-electron chi connectivity index (χ3n) is 5.51. The van der Waals surface area contributed by atoms with Crippen molar-refractivity contribution in [2.24, 2.45) is 0 Å². The van der Waals surface area contributed by atoms with Crippen molar-refractivity contribution < 1.29 is 14.1 Å². The molecule has 1 aromatic heterocycles. The molecule has 2 fully saturated rings. The molecule has 0 aliphatic carbocycles. The first-order valence-electron chi connectivity index (χ1n) is 10.2. The van der Waals surface area contributed by atoms with Crippen molar-refractivity contribution in [1.82, 2.24) is 19.9 Å². The molecule has 0 spiro atoms. The number of amides is 1. The monoisotopic (exact) mass is 384 g/mol. The lowest BCUT2D eigenvalue weighted by atomic mass is 10.1. The average molecular weight is 384 g/mol. The van der Waals surface area contributed by atoms with Crippen molar-refractivity contribution in [3.8, 4) is 5.75 Å². The van der Waals surface area contributed by atoms with E-state index in [-0.39, 0.29) is 12.0 Å². The summed E-state index contributed by atoms with van der Waals surface area (Å²) in [5.41, 5.74) is 0.749. The van der Waals surface area contributed by atoms with Gasteiger partial charge in [-0.1, -0.05) is 5.16 Å².